The van der Waals surface area contributed by atoms with Gasteiger partial charge < -0.3 is 14.4 Å². The van der Waals surface area contributed by atoms with Crippen LogP contribution in [-0.4, -0.2) is 45.6 Å². The van der Waals surface area contributed by atoms with Crippen LogP contribution < -0.4 is 15.8 Å². The molecule has 9 nitrogen and oxygen atoms in total. The van der Waals surface area contributed by atoms with E-state index in [9.17, 15) is 27.9 Å². The van der Waals surface area contributed by atoms with Crippen LogP contribution in [0.25, 0.3) is 0 Å². The second-order valence-electron chi connectivity index (χ2n) is 6.99. The number of aromatic amines is 1. The highest BCUT2D eigenvalue weighted by Gasteiger charge is 2.62. The predicted octanol–water partition coefficient (Wildman–Crippen LogP) is 2.27. The van der Waals surface area contributed by atoms with Crippen LogP contribution in [0, 0.1) is 0 Å². The Balaban J connectivity index is 1.60. The summed E-state index contributed by atoms with van der Waals surface area (Å²) in [6.45, 7) is -4.70. The lowest BCUT2D eigenvalue weighted by Crippen LogP contribution is -2.52. The van der Waals surface area contributed by atoms with Gasteiger partial charge in [-0.1, -0.05) is 29.8 Å². The molecule has 2 aromatic rings. The number of para-hydroxylation sites is 1. The minimum absolute atomic E-state index is 0.00181. The van der Waals surface area contributed by atoms with E-state index in [-0.39, 0.29) is 6.61 Å². The molecule has 1 fully saturated rings. The molecule has 32 heavy (non-hydrogen) atoms. The molecule has 3 heterocycles. The molecule has 0 bridgehead atoms. The van der Waals surface area contributed by atoms with Crippen LogP contribution in [0.1, 0.15) is 11.8 Å². The first-order valence-corrected chi connectivity index (χ1v) is 12.0. The summed E-state index contributed by atoms with van der Waals surface area (Å²) in [4.78, 5) is 25.3. The number of fused-ring (bicyclic) bond motifs is 1. The largest absolute Gasteiger partial charge is 0.424 e. The van der Waals surface area contributed by atoms with Crippen molar-refractivity contribution in [3.8, 4) is 5.75 Å². The number of hydrogen-bond donors (Lipinski definition) is 2. The molecule has 174 valence electrons. The molecule has 1 unspecified atom stereocenters. The van der Waals surface area contributed by atoms with Gasteiger partial charge in [-0.15, -0.1) is 0 Å². The Morgan fingerprint density at radius 2 is 2.12 bits per heavy atom. The van der Waals surface area contributed by atoms with E-state index in [4.69, 9.17) is 41.7 Å². The van der Waals surface area contributed by atoms with Crippen LogP contribution in [-0.2, 0) is 32.2 Å². The van der Waals surface area contributed by atoms with E-state index >= 15 is 0 Å². The monoisotopic (exact) mass is 514 g/mol. The molecule has 0 amide bonds. The summed E-state index contributed by atoms with van der Waals surface area (Å²) in [6, 6.07) is 6.71. The number of aliphatic hydroxyl groups is 1. The molecular weight excluding hydrogens is 500 g/mol. The molecule has 0 spiro atoms. The predicted molar refractivity (Wildman–Crippen MR) is 108 cm³/mol. The Morgan fingerprint density at radius 3 is 2.84 bits per heavy atom. The Bertz CT molecular complexity index is 1200. The van der Waals surface area contributed by atoms with Crippen molar-refractivity contribution in [1.29, 1.82) is 0 Å². The SMILES string of the molecule is O=c1[nH]c(=O)n([C@@H]2O[C@@](COP3(=S)OCc4ccccc4O3)(C(F)F)[C@@H](O)[C@H]2F)cc1Cl. The molecule has 1 aromatic heterocycles. The minimum Gasteiger partial charge on any atom is -0.424 e. The van der Waals surface area contributed by atoms with E-state index in [2.05, 4.69) is 0 Å². The number of hydrogen-bond acceptors (Lipinski definition) is 8. The average Bonchev–Trinajstić information content (AvgIpc) is 3.01. The van der Waals surface area contributed by atoms with Crippen molar-refractivity contribution in [2.45, 2.75) is 37.1 Å². The quantitative estimate of drug-likeness (QED) is 0.585. The van der Waals surface area contributed by atoms with Gasteiger partial charge in [-0.2, -0.15) is 0 Å². The lowest BCUT2D eigenvalue weighted by molar-refractivity contribution is -0.193. The highest BCUT2D eigenvalue weighted by Crippen LogP contribution is 2.56. The van der Waals surface area contributed by atoms with Gasteiger partial charge in [-0.25, -0.2) is 18.0 Å². The average molecular weight is 515 g/mol. The number of halogens is 4. The second-order valence-corrected chi connectivity index (χ2v) is 10.3. The first-order valence-electron chi connectivity index (χ1n) is 9.02. The third-order valence-corrected chi connectivity index (χ3v) is 7.43. The van der Waals surface area contributed by atoms with Crippen LogP contribution in [0.2, 0.25) is 5.02 Å². The summed E-state index contributed by atoms with van der Waals surface area (Å²) in [5.41, 5.74) is -4.39. The Hall–Kier alpha value is -1.73. The fourth-order valence-electron chi connectivity index (χ4n) is 3.26. The zero-order chi connectivity index (χ0) is 23.3. The fourth-order valence-corrected chi connectivity index (χ4v) is 5.22. The maximum Gasteiger partial charge on any atom is 0.381 e. The maximum atomic E-state index is 14.9. The van der Waals surface area contributed by atoms with Crippen molar-refractivity contribution in [2.75, 3.05) is 6.61 Å². The van der Waals surface area contributed by atoms with Gasteiger partial charge in [0.15, 0.2) is 18.0 Å². The smallest absolute Gasteiger partial charge is 0.381 e. The van der Waals surface area contributed by atoms with E-state index in [1.54, 1.807) is 29.2 Å². The second kappa shape index (κ2) is 8.56. The van der Waals surface area contributed by atoms with Crippen LogP contribution in [0.4, 0.5) is 13.2 Å². The molecule has 0 saturated carbocycles. The van der Waals surface area contributed by atoms with Gasteiger partial charge >= 0.3 is 12.4 Å². The van der Waals surface area contributed by atoms with Crippen molar-refractivity contribution in [3.05, 3.63) is 61.9 Å². The molecule has 2 N–H and O–H groups in total. The van der Waals surface area contributed by atoms with Crippen molar-refractivity contribution >= 4 is 30.1 Å². The first-order chi connectivity index (χ1) is 15.1. The van der Waals surface area contributed by atoms with Crippen molar-refractivity contribution in [3.63, 3.8) is 0 Å². The summed E-state index contributed by atoms with van der Waals surface area (Å²) in [5, 5.41) is 9.80. The zero-order valence-corrected chi connectivity index (χ0v) is 18.3. The van der Waals surface area contributed by atoms with Crippen molar-refractivity contribution in [1.82, 2.24) is 9.55 Å². The Morgan fingerprint density at radius 1 is 1.41 bits per heavy atom. The van der Waals surface area contributed by atoms with Gasteiger partial charge in [0.05, 0.1) is 13.2 Å². The van der Waals surface area contributed by atoms with Crippen LogP contribution in [0.5, 0.6) is 5.75 Å². The van der Waals surface area contributed by atoms with Gasteiger partial charge in [0.1, 0.15) is 16.9 Å². The number of H-pyrrole nitrogens is 1. The van der Waals surface area contributed by atoms with Crippen LogP contribution >= 0.6 is 18.3 Å². The highest BCUT2D eigenvalue weighted by molar-refractivity contribution is 8.07. The molecule has 1 aromatic carbocycles. The number of alkyl halides is 3. The third-order valence-electron chi connectivity index (χ3n) is 4.99. The first kappa shape index (κ1) is 23.4. The molecule has 0 aliphatic carbocycles. The number of nitrogens with zero attached hydrogens (tertiary/aromatic N) is 1. The maximum absolute atomic E-state index is 14.9. The Labute approximate surface area is 187 Å². The Kier molecular flexibility index (Phi) is 6.27. The minimum atomic E-state index is -3.59. The summed E-state index contributed by atoms with van der Waals surface area (Å²) >= 11 is 10.8. The van der Waals surface area contributed by atoms with E-state index in [1.807, 2.05) is 0 Å². The molecule has 5 atom stereocenters. The van der Waals surface area contributed by atoms with Gasteiger partial charge in [-0.05, 0) is 6.07 Å². The van der Waals surface area contributed by atoms with E-state index in [0.29, 0.717) is 15.9 Å². The van der Waals surface area contributed by atoms with Gasteiger partial charge in [0.2, 0.25) is 0 Å². The number of rotatable bonds is 5. The van der Waals surface area contributed by atoms with Gasteiger partial charge in [0, 0.05) is 23.6 Å². The number of nitrogens with one attached hydrogen (secondary N) is 1. The molecule has 4 rings (SSSR count). The molecule has 15 heteroatoms. The zero-order valence-electron chi connectivity index (χ0n) is 15.8. The van der Waals surface area contributed by atoms with E-state index in [0.717, 1.165) is 6.20 Å². The van der Waals surface area contributed by atoms with E-state index < -0.39 is 60.1 Å². The molecule has 2 aliphatic heterocycles. The van der Waals surface area contributed by atoms with Gasteiger partial charge in [-0.3, -0.25) is 23.4 Å². The lowest BCUT2D eigenvalue weighted by Gasteiger charge is -2.34. The fraction of sp³-hybridized carbons (Fsp3) is 0.412. The highest BCUT2D eigenvalue weighted by atomic mass is 35.5. The normalized spacial score (nSPS) is 32.0. The number of ether oxygens (including phenoxy) is 1. The van der Waals surface area contributed by atoms with Crippen LogP contribution in [0.15, 0.2) is 40.1 Å². The molecule has 0 radical (unpaired) electrons. The summed E-state index contributed by atoms with van der Waals surface area (Å²) in [7, 11) is 0. The topological polar surface area (TPSA) is 112 Å². The lowest BCUT2D eigenvalue weighted by atomic mass is 9.97. The summed E-state index contributed by atoms with van der Waals surface area (Å²) in [6.07, 6.45) is -9.70. The third kappa shape index (κ3) is 4.03. The number of aromatic nitrogens is 2. The van der Waals surface area contributed by atoms with Crippen molar-refractivity contribution in [2.24, 2.45) is 0 Å². The number of benzene rings is 1. The van der Waals surface area contributed by atoms with E-state index in [1.165, 1.54) is 0 Å². The van der Waals surface area contributed by atoms with Crippen LogP contribution in [0.3, 0.4) is 0 Å². The molecule has 2 aliphatic rings. The van der Waals surface area contributed by atoms with Gasteiger partial charge in [0.25, 0.3) is 12.0 Å². The van der Waals surface area contributed by atoms with Crippen molar-refractivity contribution < 1.29 is 36.6 Å². The molecule has 1 saturated heterocycles. The summed E-state index contributed by atoms with van der Waals surface area (Å²) in [5.74, 6) is 0.344. The molecular formula is C17H15ClF3N2O7PS. The number of aliphatic hydroxyl groups excluding tert-OH is 1. The summed E-state index contributed by atoms with van der Waals surface area (Å²) < 4.78 is 64.8. The standard InChI is InChI=1S/C17H15ClF3N2O7PS/c18-9-5-23(16(26)22-13(9)25)14-11(19)12(24)17(29-14,15(20)21)7-28-31(32)27-6-8-3-1-2-4-10(8)30-31/h1-5,11-12,14-15,24H,6-7H2,(H,22,25,26)/t11-,12+,14-,17-,31?/m1/s1.